The molecule has 4 heteroatoms. The Hall–Kier alpha value is -2.72. The first kappa shape index (κ1) is 22.5. The molecule has 0 N–H and O–H groups in total. The van der Waals surface area contributed by atoms with Gasteiger partial charge < -0.3 is 9.30 Å². The lowest BCUT2D eigenvalue weighted by Crippen LogP contribution is -2.50. The minimum atomic E-state index is 0.233. The van der Waals surface area contributed by atoms with Gasteiger partial charge in [0, 0.05) is 23.5 Å². The van der Waals surface area contributed by atoms with Crippen LogP contribution in [0, 0.1) is 28.6 Å². The van der Waals surface area contributed by atoms with Crippen LogP contribution in [-0.4, -0.2) is 20.6 Å². The van der Waals surface area contributed by atoms with Crippen LogP contribution in [0.5, 0.6) is 0 Å². The second-order valence-electron chi connectivity index (χ2n) is 12.2. The van der Waals surface area contributed by atoms with Gasteiger partial charge in [-0.1, -0.05) is 49.8 Å². The predicted octanol–water partition coefficient (Wildman–Crippen LogP) is 7.43. The summed E-state index contributed by atoms with van der Waals surface area (Å²) in [6, 6.07) is 12.7. The molecule has 4 aliphatic carbocycles. The molecule has 186 valence electrons. The van der Waals surface area contributed by atoms with Gasteiger partial charge in [0.1, 0.15) is 6.33 Å². The average molecular weight is 480 g/mol. The molecule has 0 bridgehead atoms. The number of pyridine rings is 1. The van der Waals surface area contributed by atoms with Crippen LogP contribution in [0.15, 0.2) is 72.8 Å². The Labute approximate surface area is 214 Å². The largest absolute Gasteiger partial charge is 0.373 e. The molecule has 0 saturated heterocycles. The van der Waals surface area contributed by atoms with Gasteiger partial charge in [-0.05, 0) is 91.9 Å². The van der Waals surface area contributed by atoms with Crippen molar-refractivity contribution in [3.8, 4) is 0 Å². The van der Waals surface area contributed by atoms with Crippen LogP contribution >= 0.6 is 0 Å². The maximum atomic E-state index is 6.38. The molecular formula is C32H37N3O. The third kappa shape index (κ3) is 3.37. The first-order valence-electron chi connectivity index (χ1n) is 13.9. The van der Waals surface area contributed by atoms with E-state index in [1.807, 2.05) is 18.5 Å². The van der Waals surface area contributed by atoms with Gasteiger partial charge in [-0.2, -0.15) is 0 Å². The van der Waals surface area contributed by atoms with Crippen molar-refractivity contribution in [2.45, 2.75) is 71.5 Å². The summed E-state index contributed by atoms with van der Waals surface area (Å²) < 4.78 is 8.77. The Balaban J connectivity index is 1.11. The number of imidazole rings is 1. The highest BCUT2D eigenvalue weighted by Crippen LogP contribution is 2.65. The van der Waals surface area contributed by atoms with Crippen molar-refractivity contribution < 1.29 is 4.74 Å². The van der Waals surface area contributed by atoms with Crippen LogP contribution in [0.25, 0.3) is 16.7 Å². The van der Waals surface area contributed by atoms with E-state index in [0.29, 0.717) is 18.1 Å². The van der Waals surface area contributed by atoms with E-state index in [1.54, 1.807) is 5.57 Å². The Bertz CT molecular complexity index is 1340. The lowest BCUT2D eigenvalue weighted by Gasteiger charge is -2.57. The molecule has 6 atom stereocenters. The van der Waals surface area contributed by atoms with Crippen LogP contribution in [0.2, 0.25) is 0 Å². The first-order chi connectivity index (χ1) is 17.6. The zero-order valence-corrected chi connectivity index (χ0v) is 21.6. The van der Waals surface area contributed by atoms with Gasteiger partial charge in [0.2, 0.25) is 0 Å². The summed E-state index contributed by atoms with van der Waals surface area (Å²) >= 11 is 0. The molecule has 3 aromatic rings. The molecule has 2 heterocycles. The van der Waals surface area contributed by atoms with Crippen molar-refractivity contribution >= 4 is 16.7 Å². The van der Waals surface area contributed by atoms with Gasteiger partial charge in [0.05, 0.1) is 23.7 Å². The Kier molecular flexibility index (Phi) is 5.25. The van der Waals surface area contributed by atoms with Crippen LogP contribution < -0.4 is 0 Å². The second-order valence-corrected chi connectivity index (χ2v) is 12.2. The highest BCUT2D eigenvalue weighted by atomic mass is 16.5. The summed E-state index contributed by atoms with van der Waals surface area (Å²) in [5.74, 6) is 2.29. The fourth-order valence-electron chi connectivity index (χ4n) is 8.54. The second kappa shape index (κ2) is 8.41. The van der Waals surface area contributed by atoms with Crippen molar-refractivity contribution in [2.75, 3.05) is 0 Å². The molecule has 0 aliphatic heterocycles. The fourth-order valence-corrected chi connectivity index (χ4v) is 8.54. The highest BCUT2D eigenvalue weighted by molar-refractivity contribution is 5.80. The van der Waals surface area contributed by atoms with Gasteiger partial charge in [-0.25, -0.2) is 4.98 Å². The van der Waals surface area contributed by atoms with E-state index in [2.05, 4.69) is 72.2 Å². The lowest BCUT2D eigenvalue weighted by atomic mass is 9.47. The number of fused-ring (bicyclic) bond motifs is 6. The number of hydrogen-bond donors (Lipinski definition) is 0. The normalized spacial score (nSPS) is 35.5. The van der Waals surface area contributed by atoms with E-state index in [0.717, 1.165) is 29.7 Å². The molecule has 2 fully saturated rings. The molecule has 7 rings (SSSR count). The van der Waals surface area contributed by atoms with Gasteiger partial charge in [0.15, 0.2) is 0 Å². The van der Waals surface area contributed by atoms with E-state index in [1.165, 1.54) is 55.3 Å². The van der Waals surface area contributed by atoms with E-state index in [-0.39, 0.29) is 5.41 Å². The van der Waals surface area contributed by atoms with Crippen LogP contribution in [0.1, 0.15) is 64.4 Å². The van der Waals surface area contributed by atoms with E-state index in [9.17, 15) is 0 Å². The average Bonchev–Trinajstić information content (AvgIpc) is 3.48. The number of para-hydroxylation sites is 2. The maximum Gasteiger partial charge on any atom is 0.100 e. The standard InChI is InChI=1S/C32H37N3O/c1-31-15-13-24(36-20-22-6-5-17-33-19-22)18-23(31)9-10-25-26-11-12-30(32(26,2)16-14-27(25)31)35-21-34-28-7-3-4-8-29(28)35/h3-9,12,17,19,21,24-27H,10-11,13-16,18,20H2,1-2H3/t24-,25?,26?,27?,31?,32-/m0/s1. The number of rotatable bonds is 4. The van der Waals surface area contributed by atoms with Gasteiger partial charge in [0.25, 0.3) is 0 Å². The molecule has 36 heavy (non-hydrogen) atoms. The zero-order valence-electron chi connectivity index (χ0n) is 21.6. The number of benzene rings is 1. The molecule has 0 amide bonds. The lowest BCUT2D eigenvalue weighted by molar-refractivity contribution is -0.0428. The summed E-state index contributed by atoms with van der Waals surface area (Å²) in [6.45, 7) is 5.81. The van der Waals surface area contributed by atoms with E-state index < -0.39 is 0 Å². The molecule has 1 aromatic carbocycles. The maximum absolute atomic E-state index is 6.38. The van der Waals surface area contributed by atoms with E-state index in [4.69, 9.17) is 9.72 Å². The van der Waals surface area contributed by atoms with Gasteiger partial charge in [-0.15, -0.1) is 0 Å². The van der Waals surface area contributed by atoms with Gasteiger partial charge in [-0.3, -0.25) is 4.98 Å². The highest BCUT2D eigenvalue weighted by Gasteiger charge is 2.57. The van der Waals surface area contributed by atoms with Crippen molar-refractivity contribution in [3.63, 3.8) is 0 Å². The Morgan fingerprint density at radius 3 is 2.75 bits per heavy atom. The SMILES string of the molecule is CC12CC[C@H](OCc3cccnc3)CC1=CCC1C2CC[C@]2(C)C(n3cnc4ccccc43)=CCC12. The Morgan fingerprint density at radius 2 is 1.86 bits per heavy atom. The van der Waals surface area contributed by atoms with E-state index >= 15 is 0 Å². The Morgan fingerprint density at radius 1 is 0.972 bits per heavy atom. The van der Waals surface area contributed by atoms with Gasteiger partial charge >= 0.3 is 0 Å². The van der Waals surface area contributed by atoms with Crippen molar-refractivity contribution in [2.24, 2.45) is 28.6 Å². The third-order valence-electron chi connectivity index (χ3n) is 10.5. The number of allylic oxidation sites excluding steroid dienone is 3. The molecule has 4 aliphatic rings. The first-order valence-corrected chi connectivity index (χ1v) is 13.9. The quantitative estimate of drug-likeness (QED) is 0.365. The molecular weight excluding hydrogens is 442 g/mol. The minimum absolute atomic E-state index is 0.233. The molecule has 4 unspecified atom stereocenters. The predicted molar refractivity (Wildman–Crippen MR) is 144 cm³/mol. The summed E-state index contributed by atoms with van der Waals surface area (Å²) in [6.07, 6.45) is 19.9. The molecule has 2 saturated carbocycles. The number of aromatic nitrogens is 3. The van der Waals surface area contributed by atoms with Crippen LogP contribution in [-0.2, 0) is 11.3 Å². The molecule has 2 aromatic heterocycles. The number of ether oxygens (including phenoxy) is 1. The summed E-state index contributed by atoms with van der Waals surface area (Å²) in [5, 5.41) is 0. The summed E-state index contributed by atoms with van der Waals surface area (Å²) in [5.41, 5.74) is 7.26. The minimum Gasteiger partial charge on any atom is -0.373 e. The smallest absolute Gasteiger partial charge is 0.100 e. The molecule has 0 radical (unpaired) electrons. The van der Waals surface area contributed by atoms with Crippen molar-refractivity contribution in [1.82, 2.24) is 14.5 Å². The van der Waals surface area contributed by atoms with Crippen LogP contribution in [0.4, 0.5) is 0 Å². The molecule has 4 nitrogen and oxygen atoms in total. The summed E-state index contributed by atoms with van der Waals surface area (Å²) in [7, 11) is 0. The number of nitrogens with zero attached hydrogens (tertiary/aromatic N) is 3. The van der Waals surface area contributed by atoms with Crippen LogP contribution in [0.3, 0.4) is 0 Å². The topological polar surface area (TPSA) is 39.9 Å². The van der Waals surface area contributed by atoms with Crippen molar-refractivity contribution in [1.29, 1.82) is 0 Å². The fraction of sp³-hybridized carbons (Fsp3) is 0.500. The van der Waals surface area contributed by atoms with Crippen molar-refractivity contribution in [3.05, 3.63) is 78.4 Å². The number of hydrogen-bond acceptors (Lipinski definition) is 3. The summed E-state index contributed by atoms with van der Waals surface area (Å²) in [4.78, 5) is 8.96. The third-order valence-corrected chi connectivity index (χ3v) is 10.5. The molecule has 0 spiro atoms. The zero-order chi connectivity index (χ0) is 24.3. The monoisotopic (exact) mass is 479 g/mol.